The van der Waals surface area contributed by atoms with Gasteiger partial charge in [0, 0.05) is 26.2 Å². The highest BCUT2D eigenvalue weighted by molar-refractivity contribution is 5.29. The first-order chi connectivity index (χ1) is 15.9. The van der Waals surface area contributed by atoms with Crippen LogP contribution in [0.1, 0.15) is 48.3 Å². The lowest BCUT2D eigenvalue weighted by Crippen LogP contribution is -2.22. The molecule has 0 spiro atoms. The number of halogens is 3. The van der Waals surface area contributed by atoms with Crippen LogP contribution < -0.4 is 4.74 Å². The van der Waals surface area contributed by atoms with Crippen LogP contribution in [0.2, 0.25) is 0 Å². The molecule has 6 heteroatoms. The van der Waals surface area contributed by atoms with E-state index in [1.54, 1.807) is 12.1 Å². The second kappa shape index (κ2) is 9.67. The van der Waals surface area contributed by atoms with Crippen LogP contribution in [0.4, 0.5) is 13.2 Å². The lowest BCUT2D eigenvalue weighted by Gasteiger charge is -2.22. The number of likely N-dealkylation sites (tertiary alicyclic amines) is 2. The molecule has 3 atom stereocenters. The standard InChI is InChI=1S/C27H33F3N2O/c28-27(29,30)33-24-10-5-21(6-11-24)17-32-18-23-9-12-25(26(23)19-32)22-7-3-20(4-8-22)13-16-31-14-1-2-15-31/h3-8,10-11,23,25-26H,1-2,9,12-19H2. The minimum Gasteiger partial charge on any atom is -0.406 e. The van der Waals surface area contributed by atoms with E-state index in [-0.39, 0.29) is 5.75 Å². The number of ether oxygens (including phenoxy) is 1. The molecule has 2 heterocycles. The lowest BCUT2D eigenvalue weighted by molar-refractivity contribution is -0.274. The third-order valence-corrected chi connectivity index (χ3v) is 7.82. The molecular weight excluding hydrogens is 425 g/mol. The maximum absolute atomic E-state index is 12.4. The van der Waals surface area contributed by atoms with Gasteiger partial charge in [0.2, 0.25) is 0 Å². The molecule has 1 aliphatic carbocycles. The van der Waals surface area contributed by atoms with Crippen molar-refractivity contribution in [1.29, 1.82) is 0 Å². The van der Waals surface area contributed by atoms with Crippen LogP contribution >= 0.6 is 0 Å². The van der Waals surface area contributed by atoms with Crippen LogP contribution in [0, 0.1) is 11.8 Å². The quantitative estimate of drug-likeness (QED) is 0.518. The van der Waals surface area contributed by atoms with Gasteiger partial charge in [0.05, 0.1) is 0 Å². The van der Waals surface area contributed by atoms with E-state index in [9.17, 15) is 13.2 Å². The Kier molecular flexibility index (Phi) is 6.66. The maximum Gasteiger partial charge on any atom is 0.573 e. The summed E-state index contributed by atoms with van der Waals surface area (Å²) in [6.07, 6.45) is 1.71. The Hall–Kier alpha value is -2.05. The lowest BCUT2D eigenvalue weighted by atomic mass is 9.86. The maximum atomic E-state index is 12.4. The summed E-state index contributed by atoms with van der Waals surface area (Å²) in [5, 5.41) is 0. The van der Waals surface area contributed by atoms with Crippen molar-refractivity contribution in [3.05, 3.63) is 65.2 Å². The summed E-state index contributed by atoms with van der Waals surface area (Å²) in [5.41, 5.74) is 3.94. The Morgan fingerprint density at radius 3 is 2.21 bits per heavy atom. The molecule has 2 aromatic carbocycles. The summed E-state index contributed by atoms with van der Waals surface area (Å²) in [5.74, 6) is 1.86. The van der Waals surface area contributed by atoms with Gasteiger partial charge >= 0.3 is 6.36 Å². The number of fused-ring (bicyclic) bond motifs is 1. The second-order valence-electron chi connectivity index (χ2n) is 10.0. The highest BCUT2D eigenvalue weighted by atomic mass is 19.4. The fourth-order valence-electron chi connectivity index (χ4n) is 6.18. The summed E-state index contributed by atoms with van der Waals surface area (Å²) in [6, 6.07) is 15.7. The SMILES string of the molecule is FC(F)(F)Oc1ccc(CN2CC3CCC(c4ccc(CCN5CCCC5)cc4)C3C2)cc1. The fourth-order valence-corrected chi connectivity index (χ4v) is 6.18. The number of hydrogen-bond acceptors (Lipinski definition) is 3. The molecule has 3 fully saturated rings. The molecule has 0 N–H and O–H groups in total. The van der Waals surface area contributed by atoms with Crippen molar-refractivity contribution in [3.8, 4) is 5.75 Å². The van der Waals surface area contributed by atoms with Gasteiger partial charge in [-0.25, -0.2) is 0 Å². The van der Waals surface area contributed by atoms with E-state index in [0.29, 0.717) is 11.8 Å². The average Bonchev–Trinajstić information content (AvgIpc) is 3.51. The van der Waals surface area contributed by atoms with E-state index in [0.717, 1.165) is 37.5 Å². The number of rotatable bonds is 7. The van der Waals surface area contributed by atoms with Gasteiger partial charge in [0.15, 0.2) is 0 Å². The van der Waals surface area contributed by atoms with Crippen LogP contribution in [0.25, 0.3) is 0 Å². The van der Waals surface area contributed by atoms with Gasteiger partial charge in [-0.15, -0.1) is 13.2 Å². The van der Waals surface area contributed by atoms with Crippen molar-refractivity contribution in [3.63, 3.8) is 0 Å². The van der Waals surface area contributed by atoms with Gasteiger partial charge in [-0.1, -0.05) is 36.4 Å². The molecule has 1 saturated carbocycles. The molecule has 0 radical (unpaired) electrons. The third-order valence-electron chi connectivity index (χ3n) is 7.82. The highest BCUT2D eigenvalue weighted by Crippen LogP contribution is 2.47. The van der Waals surface area contributed by atoms with Gasteiger partial charge in [-0.2, -0.15) is 0 Å². The number of alkyl halides is 3. The normalized spacial score (nSPS) is 26.1. The number of hydrogen-bond donors (Lipinski definition) is 0. The van der Waals surface area contributed by atoms with Crippen molar-refractivity contribution in [2.45, 2.75) is 50.9 Å². The van der Waals surface area contributed by atoms with E-state index < -0.39 is 6.36 Å². The third kappa shape index (κ3) is 5.72. The zero-order valence-electron chi connectivity index (χ0n) is 19.1. The Morgan fingerprint density at radius 2 is 1.52 bits per heavy atom. The fraction of sp³-hybridized carbons (Fsp3) is 0.556. The topological polar surface area (TPSA) is 15.7 Å². The van der Waals surface area contributed by atoms with E-state index >= 15 is 0 Å². The predicted molar refractivity (Wildman–Crippen MR) is 123 cm³/mol. The molecule has 33 heavy (non-hydrogen) atoms. The first-order valence-corrected chi connectivity index (χ1v) is 12.3. The van der Waals surface area contributed by atoms with E-state index in [1.165, 1.54) is 68.6 Å². The summed E-state index contributed by atoms with van der Waals surface area (Å²) in [6.45, 7) is 6.60. The minimum absolute atomic E-state index is 0.159. The van der Waals surface area contributed by atoms with Crippen molar-refractivity contribution < 1.29 is 17.9 Å². The van der Waals surface area contributed by atoms with Crippen LogP contribution in [-0.2, 0) is 13.0 Å². The van der Waals surface area contributed by atoms with E-state index in [2.05, 4.69) is 38.8 Å². The van der Waals surface area contributed by atoms with Crippen molar-refractivity contribution in [2.24, 2.45) is 11.8 Å². The summed E-state index contributed by atoms with van der Waals surface area (Å²) in [7, 11) is 0. The largest absolute Gasteiger partial charge is 0.573 e. The highest BCUT2D eigenvalue weighted by Gasteiger charge is 2.42. The van der Waals surface area contributed by atoms with Crippen molar-refractivity contribution in [1.82, 2.24) is 9.80 Å². The summed E-state index contributed by atoms with van der Waals surface area (Å²) < 4.78 is 41.1. The molecule has 2 aliphatic heterocycles. The van der Waals surface area contributed by atoms with Crippen molar-refractivity contribution >= 4 is 0 Å². The second-order valence-corrected chi connectivity index (χ2v) is 10.0. The monoisotopic (exact) mass is 458 g/mol. The van der Waals surface area contributed by atoms with Crippen molar-refractivity contribution in [2.75, 3.05) is 32.7 Å². The van der Waals surface area contributed by atoms with Crippen LogP contribution in [0.15, 0.2) is 48.5 Å². The Labute approximate surface area is 194 Å². The molecule has 2 aromatic rings. The first-order valence-electron chi connectivity index (χ1n) is 12.3. The summed E-state index contributed by atoms with van der Waals surface area (Å²) >= 11 is 0. The zero-order valence-corrected chi connectivity index (χ0v) is 19.1. The molecule has 0 bridgehead atoms. The number of benzene rings is 2. The molecule has 0 aromatic heterocycles. The zero-order chi connectivity index (χ0) is 22.8. The molecule has 3 nitrogen and oxygen atoms in total. The molecule has 5 rings (SSSR count). The van der Waals surface area contributed by atoms with Gasteiger partial charge in [-0.05, 0) is 91.8 Å². The van der Waals surface area contributed by atoms with Gasteiger partial charge < -0.3 is 9.64 Å². The molecule has 3 unspecified atom stereocenters. The molecule has 178 valence electrons. The first kappa shape index (κ1) is 22.7. The Balaban J connectivity index is 1.14. The van der Waals surface area contributed by atoms with E-state index in [1.807, 2.05) is 0 Å². The molecule has 0 amide bonds. The molecule has 3 aliphatic rings. The van der Waals surface area contributed by atoms with Crippen LogP contribution in [-0.4, -0.2) is 48.9 Å². The van der Waals surface area contributed by atoms with Gasteiger partial charge in [-0.3, -0.25) is 4.90 Å². The van der Waals surface area contributed by atoms with E-state index in [4.69, 9.17) is 0 Å². The van der Waals surface area contributed by atoms with Gasteiger partial charge in [0.25, 0.3) is 0 Å². The van der Waals surface area contributed by atoms with Crippen LogP contribution in [0.5, 0.6) is 5.75 Å². The van der Waals surface area contributed by atoms with Gasteiger partial charge in [0.1, 0.15) is 5.75 Å². The average molecular weight is 459 g/mol. The smallest absolute Gasteiger partial charge is 0.406 e. The number of nitrogens with zero attached hydrogens (tertiary/aromatic N) is 2. The predicted octanol–water partition coefficient (Wildman–Crippen LogP) is 5.85. The Bertz CT molecular complexity index is 906. The molecular formula is C27H33F3N2O. The molecule has 2 saturated heterocycles. The summed E-state index contributed by atoms with van der Waals surface area (Å²) in [4.78, 5) is 5.03. The van der Waals surface area contributed by atoms with Crippen LogP contribution in [0.3, 0.4) is 0 Å². The Morgan fingerprint density at radius 1 is 0.818 bits per heavy atom. The minimum atomic E-state index is -4.64.